The summed E-state index contributed by atoms with van der Waals surface area (Å²) in [7, 11) is 1.89. The molecule has 0 unspecified atom stereocenters. The molecule has 1 aliphatic rings. The molecule has 0 spiro atoms. The number of hydrogen-bond donors (Lipinski definition) is 1. The van der Waals surface area contributed by atoms with Gasteiger partial charge in [-0.15, -0.1) is 0 Å². The molecule has 0 aliphatic carbocycles. The van der Waals surface area contributed by atoms with Crippen molar-refractivity contribution >= 4 is 7.05 Å². The van der Waals surface area contributed by atoms with E-state index in [0.717, 1.165) is 6.32 Å². The second kappa shape index (κ2) is 6.93. The van der Waals surface area contributed by atoms with Gasteiger partial charge in [-0.1, -0.05) is 50.1 Å². The molecule has 2 atom stereocenters. The number of hydrogen-bond acceptors (Lipinski definition) is 3. The molecule has 1 saturated heterocycles. The lowest BCUT2D eigenvalue weighted by atomic mass is 9.77. The fraction of sp³-hybridized carbons (Fsp3) is 0.571. The van der Waals surface area contributed by atoms with Crippen LogP contribution in [0.2, 0.25) is 6.32 Å². The normalized spacial score (nSPS) is 23.6. The van der Waals surface area contributed by atoms with Crippen molar-refractivity contribution in [3.05, 3.63) is 35.9 Å². The molecule has 1 aliphatic heterocycles. The van der Waals surface area contributed by atoms with Gasteiger partial charge in [-0.3, -0.25) is 0 Å². The second-order valence-electron chi connectivity index (χ2n) is 4.82. The fourth-order valence-corrected chi connectivity index (χ4v) is 2.45. The predicted molar refractivity (Wildman–Crippen MR) is 74.5 cm³/mol. The van der Waals surface area contributed by atoms with Crippen molar-refractivity contribution in [2.24, 2.45) is 0 Å². The highest BCUT2D eigenvalue weighted by Gasteiger charge is 2.37. The minimum Gasteiger partial charge on any atom is -0.414 e. The van der Waals surface area contributed by atoms with Crippen LogP contribution in [0.5, 0.6) is 0 Å². The standard InChI is InChI=1S/C14H22BNO2/c1-3-4-10-15-16-14(13(18-15)11-17-2)12-8-6-5-7-9-12/h5-9,13-14,16H,3-4,10-11H2,1-2H3/t13-,14+/m0/s1. The van der Waals surface area contributed by atoms with Crippen LogP contribution in [0.1, 0.15) is 31.4 Å². The molecule has 18 heavy (non-hydrogen) atoms. The van der Waals surface area contributed by atoms with Crippen molar-refractivity contribution < 1.29 is 9.39 Å². The fourth-order valence-electron chi connectivity index (χ4n) is 2.45. The zero-order valence-electron chi connectivity index (χ0n) is 11.3. The van der Waals surface area contributed by atoms with E-state index < -0.39 is 0 Å². The summed E-state index contributed by atoms with van der Waals surface area (Å²) in [5.41, 5.74) is 1.28. The average Bonchev–Trinajstić information content (AvgIpc) is 2.81. The van der Waals surface area contributed by atoms with Crippen LogP contribution < -0.4 is 5.23 Å². The smallest absolute Gasteiger partial charge is 0.380 e. The maximum absolute atomic E-state index is 6.03. The van der Waals surface area contributed by atoms with Crippen molar-refractivity contribution in [2.45, 2.75) is 38.2 Å². The molecular weight excluding hydrogens is 225 g/mol. The Morgan fingerprint density at radius 1 is 1.33 bits per heavy atom. The van der Waals surface area contributed by atoms with Gasteiger partial charge in [-0.25, -0.2) is 0 Å². The minimum absolute atomic E-state index is 0.110. The van der Waals surface area contributed by atoms with Crippen LogP contribution in [-0.2, 0) is 9.39 Å². The van der Waals surface area contributed by atoms with Crippen molar-refractivity contribution in [3.63, 3.8) is 0 Å². The van der Waals surface area contributed by atoms with Gasteiger partial charge in [0.15, 0.2) is 0 Å². The number of benzene rings is 1. The van der Waals surface area contributed by atoms with Crippen LogP contribution in [0, 0.1) is 0 Å². The maximum Gasteiger partial charge on any atom is 0.380 e. The summed E-state index contributed by atoms with van der Waals surface area (Å²) in [5, 5.41) is 3.57. The molecule has 4 heteroatoms. The molecule has 3 nitrogen and oxygen atoms in total. The van der Waals surface area contributed by atoms with Crippen LogP contribution in [0.15, 0.2) is 30.3 Å². The van der Waals surface area contributed by atoms with Gasteiger partial charge in [0.2, 0.25) is 0 Å². The molecule has 98 valence electrons. The van der Waals surface area contributed by atoms with Gasteiger partial charge < -0.3 is 14.6 Å². The summed E-state index contributed by atoms with van der Waals surface area (Å²) in [6, 6.07) is 10.7. The van der Waals surface area contributed by atoms with Crippen LogP contribution in [-0.4, -0.2) is 26.9 Å². The summed E-state index contributed by atoms with van der Waals surface area (Å²) < 4.78 is 11.3. The maximum atomic E-state index is 6.03. The van der Waals surface area contributed by atoms with Gasteiger partial charge >= 0.3 is 7.05 Å². The van der Waals surface area contributed by atoms with E-state index in [2.05, 4.69) is 36.4 Å². The van der Waals surface area contributed by atoms with E-state index in [1.807, 2.05) is 6.07 Å². The van der Waals surface area contributed by atoms with Gasteiger partial charge in [0.05, 0.1) is 18.8 Å². The van der Waals surface area contributed by atoms with Gasteiger partial charge in [-0.2, -0.15) is 0 Å². The summed E-state index contributed by atoms with van der Waals surface area (Å²) in [6.07, 6.45) is 3.57. The first-order valence-electron chi connectivity index (χ1n) is 6.80. The van der Waals surface area contributed by atoms with E-state index in [1.54, 1.807) is 7.11 Å². The topological polar surface area (TPSA) is 30.5 Å². The lowest BCUT2D eigenvalue weighted by Crippen LogP contribution is -2.30. The van der Waals surface area contributed by atoms with E-state index in [1.165, 1.54) is 18.4 Å². The highest BCUT2D eigenvalue weighted by Crippen LogP contribution is 2.27. The van der Waals surface area contributed by atoms with Crippen LogP contribution in [0.4, 0.5) is 0 Å². The zero-order valence-corrected chi connectivity index (χ0v) is 11.3. The van der Waals surface area contributed by atoms with Crippen LogP contribution in [0.25, 0.3) is 0 Å². The highest BCUT2D eigenvalue weighted by molar-refractivity contribution is 6.49. The molecule has 1 N–H and O–H groups in total. The van der Waals surface area contributed by atoms with Crippen molar-refractivity contribution in [3.8, 4) is 0 Å². The molecule has 0 radical (unpaired) electrons. The summed E-state index contributed by atoms with van der Waals surface area (Å²) in [4.78, 5) is 0. The molecule has 0 aromatic heterocycles. The van der Waals surface area contributed by atoms with Gasteiger partial charge in [0.25, 0.3) is 0 Å². The Bertz CT molecular complexity index is 347. The molecule has 1 heterocycles. The number of nitrogens with one attached hydrogen (secondary N) is 1. The monoisotopic (exact) mass is 247 g/mol. The van der Waals surface area contributed by atoms with Gasteiger partial charge in [0, 0.05) is 7.11 Å². The summed E-state index contributed by atoms with van der Waals surface area (Å²) in [5.74, 6) is 0. The van der Waals surface area contributed by atoms with Crippen LogP contribution >= 0.6 is 0 Å². The Morgan fingerprint density at radius 3 is 2.78 bits per heavy atom. The number of ether oxygens (including phenoxy) is 1. The van der Waals surface area contributed by atoms with E-state index in [9.17, 15) is 0 Å². The first-order valence-corrected chi connectivity index (χ1v) is 6.80. The molecular formula is C14H22BNO2. The summed E-state index contributed by atoms with van der Waals surface area (Å²) >= 11 is 0. The molecule has 0 bridgehead atoms. The molecule has 1 aromatic rings. The highest BCUT2D eigenvalue weighted by atomic mass is 16.5. The Kier molecular flexibility index (Phi) is 5.23. The molecule has 0 amide bonds. The Morgan fingerprint density at radius 2 is 2.11 bits per heavy atom. The Balaban J connectivity index is 2.02. The van der Waals surface area contributed by atoms with Gasteiger partial charge in [-0.05, 0) is 11.9 Å². The molecule has 2 rings (SSSR count). The lowest BCUT2D eigenvalue weighted by Gasteiger charge is -2.18. The Labute approximate surface area is 110 Å². The predicted octanol–water partition coefficient (Wildman–Crippen LogP) is 2.65. The number of rotatable bonds is 6. The minimum atomic E-state index is 0.110. The van der Waals surface area contributed by atoms with Crippen molar-refractivity contribution in [1.29, 1.82) is 0 Å². The third-order valence-electron chi connectivity index (χ3n) is 3.39. The van der Waals surface area contributed by atoms with E-state index in [-0.39, 0.29) is 19.2 Å². The Hall–Kier alpha value is -0.835. The number of methoxy groups -OCH3 is 1. The van der Waals surface area contributed by atoms with Crippen LogP contribution in [0.3, 0.4) is 0 Å². The van der Waals surface area contributed by atoms with Crippen molar-refractivity contribution in [2.75, 3.05) is 13.7 Å². The van der Waals surface area contributed by atoms with E-state index in [4.69, 9.17) is 9.39 Å². The molecule has 1 fully saturated rings. The zero-order chi connectivity index (χ0) is 12.8. The molecule has 0 saturated carbocycles. The lowest BCUT2D eigenvalue weighted by molar-refractivity contribution is 0.0813. The van der Waals surface area contributed by atoms with E-state index in [0.29, 0.717) is 6.61 Å². The first kappa shape index (κ1) is 13.6. The van der Waals surface area contributed by atoms with E-state index >= 15 is 0 Å². The molecule has 1 aromatic carbocycles. The second-order valence-corrected chi connectivity index (χ2v) is 4.82. The van der Waals surface area contributed by atoms with Gasteiger partial charge in [0.1, 0.15) is 0 Å². The largest absolute Gasteiger partial charge is 0.414 e. The average molecular weight is 247 g/mol. The first-order chi connectivity index (χ1) is 8.85. The SMILES string of the molecule is CCCCB1N[C@H](c2ccccc2)[C@H](COC)O1. The summed E-state index contributed by atoms with van der Waals surface area (Å²) in [6.45, 7) is 2.84. The third-order valence-corrected chi connectivity index (χ3v) is 3.39. The number of unbranched alkanes of at least 4 members (excludes halogenated alkanes) is 1. The quantitative estimate of drug-likeness (QED) is 0.784. The van der Waals surface area contributed by atoms with Crippen molar-refractivity contribution in [1.82, 2.24) is 5.23 Å². The third kappa shape index (κ3) is 3.34.